The fourth-order valence-electron chi connectivity index (χ4n) is 6.62. The minimum absolute atomic E-state index is 0. The number of aromatic nitrogens is 3. The van der Waals surface area contributed by atoms with Gasteiger partial charge in [-0.1, -0.05) is 126 Å². The van der Waals surface area contributed by atoms with Crippen LogP contribution < -0.4 is 4.57 Å². The van der Waals surface area contributed by atoms with E-state index in [-0.39, 0.29) is 17.0 Å². The van der Waals surface area contributed by atoms with Crippen molar-refractivity contribution in [1.29, 1.82) is 0 Å². The highest BCUT2D eigenvalue weighted by Crippen LogP contribution is 2.39. The van der Waals surface area contributed by atoms with Gasteiger partial charge in [-0.3, -0.25) is 0 Å². The van der Waals surface area contributed by atoms with E-state index in [4.69, 9.17) is 8.75 Å². The molecule has 0 spiro atoms. The van der Waals surface area contributed by atoms with Gasteiger partial charge in [-0.15, -0.1) is 17.0 Å². The maximum absolute atomic E-state index is 4.80. The van der Waals surface area contributed by atoms with Crippen LogP contribution in [0.4, 0.5) is 0 Å². The summed E-state index contributed by atoms with van der Waals surface area (Å²) in [7, 11) is 6.73. The highest BCUT2D eigenvalue weighted by atomic mass is 79.9. The van der Waals surface area contributed by atoms with E-state index in [1.807, 2.05) is 0 Å². The molecule has 0 amide bonds. The van der Waals surface area contributed by atoms with Gasteiger partial charge in [0.2, 0.25) is 0 Å². The van der Waals surface area contributed by atoms with Crippen LogP contribution in [0.25, 0.3) is 44.4 Å². The Kier molecular flexibility index (Phi) is 11.1. The Morgan fingerprint density at radius 3 is 1.45 bits per heavy atom. The lowest BCUT2D eigenvalue weighted by Gasteiger charge is -2.22. The normalized spacial score (nSPS) is 12.0. The van der Waals surface area contributed by atoms with E-state index in [9.17, 15) is 0 Å². The van der Waals surface area contributed by atoms with Gasteiger partial charge in [0, 0.05) is 23.3 Å². The smallest absolute Gasteiger partial charge is 0.169 e. The molecule has 0 fully saturated rings. The molecule has 4 nitrogen and oxygen atoms in total. The number of quaternary nitrogens is 1. The molecule has 7 aromatic rings. The summed E-state index contributed by atoms with van der Waals surface area (Å²) in [6, 6.07) is 46.3. The summed E-state index contributed by atoms with van der Waals surface area (Å²) in [5.74, 6) is 0. The van der Waals surface area contributed by atoms with Crippen LogP contribution in [-0.2, 0) is 6.54 Å². The van der Waals surface area contributed by atoms with Gasteiger partial charge in [-0.2, -0.15) is 8.75 Å². The van der Waals surface area contributed by atoms with E-state index in [0.717, 1.165) is 57.3 Å². The van der Waals surface area contributed by atoms with Crippen LogP contribution in [0.5, 0.6) is 0 Å². The molecule has 51 heavy (non-hydrogen) atoms. The van der Waals surface area contributed by atoms with Crippen molar-refractivity contribution in [2.75, 3.05) is 27.7 Å². The van der Waals surface area contributed by atoms with E-state index in [0.29, 0.717) is 0 Å². The van der Waals surface area contributed by atoms with E-state index < -0.39 is 0 Å². The van der Waals surface area contributed by atoms with Crippen molar-refractivity contribution in [3.05, 3.63) is 173 Å². The lowest BCUT2D eigenvalue weighted by Crippen LogP contribution is -2.39. The average Bonchev–Trinajstić information content (AvgIpc) is 3.62. The molecule has 0 unspecified atom stereocenters. The Bertz CT molecular complexity index is 2250. The second kappa shape index (κ2) is 15.6. The molecule has 5 aromatic carbocycles. The summed E-state index contributed by atoms with van der Waals surface area (Å²) >= 11 is 1.28. The van der Waals surface area contributed by atoms with Gasteiger partial charge in [0.05, 0.1) is 45.8 Å². The molecule has 0 aliphatic carbocycles. The summed E-state index contributed by atoms with van der Waals surface area (Å²) in [4.78, 5) is 0. The predicted octanol–water partition coefficient (Wildman–Crippen LogP) is 10.6. The number of halogens is 1. The average molecular weight is 754 g/mol. The van der Waals surface area contributed by atoms with Crippen LogP contribution in [0.2, 0.25) is 0 Å². The molecular formula is C45H45BrN4S+2. The third kappa shape index (κ3) is 8.26. The number of benzene rings is 5. The Balaban J connectivity index is 0.00000448. The van der Waals surface area contributed by atoms with E-state index in [1.54, 1.807) is 0 Å². The Hall–Kier alpha value is -4.75. The van der Waals surface area contributed by atoms with Crippen LogP contribution in [-0.4, -0.2) is 40.9 Å². The van der Waals surface area contributed by atoms with Gasteiger partial charge in [-0.05, 0) is 58.4 Å². The molecule has 0 N–H and O–H groups in total. The van der Waals surface area contributed by atoms with Crippen LogP contribution >= 0.6 is 28.7 Å². The van der Waals surface area contributed by atoms with E-state index in [2.05, 4.69) is 179 Å². The molecule has 0 bridgehead atoms. The van der Waals surface area contributed by atoms with Crippen molar-refractivity contribution in [1.82, 2.24) is 8.75 Å². The quantitative estimate of drug-likeness (QED) is 0.0791. The SMILES string of the molecule is Br.Cc1ccc(/C(=C(\c2ccc(C)cc2)c2ccc(-c3ccc(-c4cc[n+](CCC[N+](C)(C)C)cc4)c4nsnc34)cc2)c2ccccc2)cc1. The summed E-state index contributed by atoms with van der Waals surface area (Å²) < 4.78 is 12.8. The fraction of sp³-hybridized carbons (Fsp3) is 0.178. The standard InChI is InChI=1S/C45H44N4S.BrH/c1-32-12-16-37(17-13-32)42(36-10-7-6-8-11-36)43(38-18-14-33(2)15-19-38)39-22-20-34(21-23-39)40-24-25-41(45-44(40)46-50-47-45)35-26-29-48(30-27-35)28-9-31-49(3,4)5;/h6-8,10-27,29-30H,9,28,31H2,1-5H3;1H/q+2;/b43-42+;. The first kappa shape index (κ1) is 36.1. The summed E-state index contributed by atoms with van der Waals surface area (Å²) in [5.41, 5.74) is 16.1. The molecule has 256 valence electrons. The lowest BCUT2D eigenvalue weighted by molar-refractivity contribution is -0.873. The highest BCUT2D eigenvalue weighted by Gasteiger charge is 2.18. The summed E-state index contributed by atoms with van der Waals surface area (Å²) in [5, 5.41) is 0. The topological polar surface area (TPSA) is 29.7 Å². The number of rotatable bonds is 10. The van der Waals surface area contributed by atoms with Gasteiger partial charge < -0.3 is 4.48 Å². The van der Waals surface area contributed by atoms with Crippen molar-refractivity contribution in [3.63, 3.8) is 0 Å². The molecule has 0 aliphatic rings. The molecular weight excluding hydrogens is 708 g/mol. The summed E-state index contributed by atoms with van der Waals surface area (Å²) in [6.45, 7) is 6.44. The van der Waals surface area contributed by atoms with Crippen molar-refractivity contribution < 1.29 is 9.05 Å². The number of nitrogens with zero attached hydrogens (tertiary/aromatic N) is 4. The van der Waals surface area contributed by atoms with Gasteiger partial charge in [0.1, 0.15) is 11.0 Å². The van der Waals surface area contributed by atoms with Crippen LogP contribution in [0, 0.1) is 13.8 Å². The van der Waals surface area contributed by atoms with Crippen LogP contribution in [0.15, 0.2) is 140 Å². The van der Waals surface area contributed by atoms with E-state index >= 15 is 0 Å². The summed E-state index contributed by atoms with van der Waals surface area (Å²) in [6.07, 6.45) is 5.51. The van der Waals surface area contributed by atoms with Gasteiger partial charge in [0.15, 0.2) is 18.9 Å². The Morgan fingerprint density at radius 2 is 0.980 bits per heavy atom. The maximum Gasteiger partial charge on any atom is 0.169 e. The second-order valence-corrected chi connectivity index (χ2v) is 14.8. The maximum atomic E-state index is 4.80. The van der Waals surface area contributed by atoms with Crippen molar-refractivity contribution in [3.8, 4) is 22.3 Å². The molecule has 0 radical (unpaired) electrons. The van der Waals surface area contributed by atoms with Crippen molar-refractivity contribution in [2.24, 2.45) is 0 Å². The minimum atomic E-state index is 0. The van der Waals surface area contributed by atoms with Crippen LogP contribution in [0.1, 0.15) is 39.8 Å². The van der Waals surface area contributed by atoms with Crippen molar-refractivity contribution in [2.45, 2.75) is 26.8 Å². The zero-order valence-electron chi connectivity index (χ0n) is 30.0. The third-order valence-electron chi connectivity index (χ3n) is 9.34. The molecule has 0 atom stereocenters. The second-order valence-electron chi connectivity index (χ2n) is 14.2. The third-order valence-corrected chi connectivity index (χ3v) is 9.87. The van der Waals surface area contributed by atoms with Gasteiger partial charge in [-0.25, -0.2) is 4.57 Å². The first-order valence-electron chi connectivity index (χ1n) is 17.3. The first-order chi connectivity index (χ1) is 24.2. The number of hydrogen-bond donors (Lipinski definition) is 0. The lowest BCUT2D eigenvalue weighted by atomic mass is 9.85. The van der Waals surface area contributed by atoms with Gasteiger partial charge in [0.25, 0.3) is 0 Å². The molecule has 2 heterocycles. The fourth-order valence-corrected chi connectivity index (χ4v) is 7.19. The van der Waals surface area contributed by atoms with Gasteiger partial charge >= 0.3 is 0 Å². The monoisotopic (exact) mass is 752 g/mol. The molecule has 2 aromatic heterocycles. The highest BCUT2D eigenvalue weighted by molar-refractivity contribution is 8.93. The zero-order valence-corrected chi connectivity index (χ0v) is 32.5. The number of fused-ring (bicyclic) bond motifs is 1. The Morgan fingerprint density at radius 1 is 0.549 bits per heavy atom. The Labute approximate surface area is 317 Å². The number of pyridine rings is 1. The predicted molar refractivity (Wildman–Crippen MR) is 220 cm³/mol. The van der Waals surface area contributed by atoms with Crippen LogP contribution in [0.3, 0.4) is 0 Å². The van der Waals surface area contributed by atoms with E-state index in [1.165, 1.54) is 56.3 Å². The van der Waals surface area contributed by atoms with Crippen molar-refractivity contribution >= 4 is 50.9 Å². The number of hydrogen-bond acceptors (Lipinski definition) is 3. The molecule has 0 saturated carbocycles. The molecule has 0 saturated heterocycles. The first-order valence-corrected chi connectivity index (χ1v) is 18.1. The molecule has 6 heteroatoms. The largest absolute Gasteiger partial charge is 0.331 e. The molecule has 0 aliphatic heterocycles. The molecule has 7 rings (SSSR count). The number of aryl methyl sites for hydroxylation is 3. The zero-order chi connectivity index (χ0) is 34.7. The minimum Gasteiger partial charge on any atom is -0.331 e.